The third-order valence-electron chi connectivity index (χ3n) is 5.23. The van der Waals surface area contributed by atoms with Gasteiger partial charge in [0.1, 0.15) is 0 Å². The van der Waals surface area contributed by atoms with E-state index in [-0.39, 0.29) is 5.56 Å². The Hall–Kier alpha value is -2.45. The van der Waals surface area contributed by atoms with E-state index in [9.17, 15) is 4.79 Å². The molecule has 4 aromatic rings. The average Bonchev–Trinajstić information content (AvgIpc) is 2.77. The lowest BCUT2D eigenvalue weighted by atomic mass is 10.0. The molecule has 0 radical (unpaired) electrons. The highest BCUT2D eigenvalue weighted by atomic mass is 79.9. The van der Waals surface area contributed by atoms with E-state index < -0.39 is 0 Å². The van der Waals surface area contributed by atoms with Gasteiger partial charge in [-0.2, -0.15) is 0 Å². The van der Waals surface area contributed by atoms with Gasteiger partial charge in [-0.05, 0) is 64.3 Å². The highest BCUT2D eigenvalue weighted by molar-refractivity contribution is 9.10. The van der Waals surface area contributed by atoms with E-state index in [1.165, 1.54) is 21.9 Å². The summed E-state index contributed by atoms with van der Waals surface area (Å²) in [5.74, 6) is 0.407. The van der Waals surface area contributed by atoms with Gasteiger partial charge >= 0.3 is 0 Å². The lowest BCUT2D eigenvalue weighted by Crippen LogP contribution is -2.23. The van der Waals surface area contributed by atoms with Crippen molar-refractivity contribution in [3.05, 3.63) is 84.8 Å². The van der Waals surface area contributed by atoms with E-state index in [2.05, 4.69) is 48.7 Å². The van der Waals surface area contributed by atoms with Gasteiger partial charge in [0.05, 0.1) is 31.1 Å². The zero-order chi connectivity index (χ0) is 21.5. The van der Waals surface area contributed by atoms with Gasteiger partial charge in [-0.1, -0.05) is 35.3 Å². The van der Waals surface area contributed by atoms with Crippen LogP contribution in [0.2, 0.25) is 10.0 Å². The number of benzene rings is 2. The number of anilines is 2. The van der Waals surface area contributed by atoms with Crippen molar-refractivity contribution in [3.63, 3.8) is 0 Å². The zero-order valence-corrected chi connectivity index (χ0v) is 19.2. The Balaban J connectivity index is 1.55. The molecule has 156 valence electrons. The number of halogens is 3. The van der Waals surface area contributed by atoms with Gasteiger partial charge in [-0.15, -0.1) is 0 Å². The molecule has 0 bridgehead atoms. The van der Waals surface area contributed by atoms with Crippen LogP contribution in [0.3, 0.4) is 0 Å². The Morgan fingerprint density at radius 1 is 1.13 bits per heavy atom. The summed E-state index contributed by atoms with van der Waals surface area (Å²) in [6.07, 6.45) is 4.16. The summed E-state index contributed by atoms with van der Waals surface area (Å²) < 4.78 is 2.03. The van der Waals surface area contributed by atoms with Crippen LogP contribution in [0.5, 0.6) is 0 Å². The highest BCUT2D eigenvalue weighted by Crippen LogP contribution is 2.30. The maximum Gasteiger partial charge on any atom is 0.266 e. The smallest absolute Gasteiger partial charge is 0.266 e. The highest BCUT2D eigenvalue weighted by Gasteiger charge is 2.16. The Labute approximate surface area is 196 Å². The Kier molecular flexibility index (Phi) is 5.44. The molecular formula is C22H16BrCl2N5O. The van der Waals surface area contributed by atoms with Gasteiger partial charge in [0.25, 0.3) is 5.56 Å². The first-order valence-corrected chi connectivity index (χ1v) is 11.2. The van der Waals surface area contributed by atoms with Crippen LogP contribution in [-0.4, -0.2) is 21.1 Å². The molecule has 1 aliphatic heterocycles. The summed E-state index contributed by atoms with van der Waals surface area (Å²) in [7, 11) is 0. The number of pyridine rings is 1. The van der Waals surface area contributed by atoms with Gasteiger partial charge in [-0.3, -0.25) is 9.36 Å². The SMILES string of the molecule is O=c1c2cnc(Nc3ccc4c(c3)CNCC4)nc2c(Br)cn1-c1c(Cl)cccc1Cl. The number of rotatable bonds is 3. The minimum Gasteiger partial charge on any atom is -0.324 e. The second kappa shape index (κ2) is 8.24. The standard InChI is InChI=1S/C22H16BrCl2N5O/c23-16-11-30(20-17(24)2-1-3-18(20)25)21(31)15-10-27-22(29-19(15)16)28-14-5-4-12-6-7-26-9-13(12)8-14/h1-5,8,10-11,26H,6-7,9H2,(H,27,28,29). The van der Waals surface area contributed by atoms with Gasteiger partial charge in [-0.25, -0.2) is 9.97 Å². The number of nitrogens with zero attached hydrogens (tertiary/aromatic N) is 3. The minimum atomic E-state index is -0.306. The van der Waals surface area contributed by atoms with Gasteiger partial charge in [0.15, 0.2) is 0 Å². The molecule has 2 N–H and O–H groups in total. The largest absolute Gasteiger partial charge is 0.324 e. The van der Waals surface area contributed by atoms with Crippen molar-refractivity contribution in [2.75, 3.05) is 11.9 Å². The summed E-state index contributed by atoms with van der Waals surface area (Å²) in [4.78, 5) is 22.0. The first kappa shape index (κ1) is 20.5. The molecule has 0 unspecified atom stereocenters. The molecule has 3 heterocycles. The fraction of sp³-hybridized carbons (Fsp3) is 0.136. The van der Waals surface area contributed by atoms with Crippen LogP contribution in [0.25, 0.3) is 16.6 Å². The van der Waals surface area contributed by atoms with Crippen LogP contribution >= 0.6 is 39.1 Å². The second-order valence-corrected chi connectivity index (χ2v) is 8.88. The first-order valence-electron chi connectivity index (χ1n) is 9.63. The predicted molar refractivity (Wildman–Crippen MR) is 128 cm³/mol. The quantitative estimate of drug-likeness (QED) is 0.389. The van der Waals surface area contributed by atoms with Crippen LogP contribution in [0.15, 0.2) is 58.1 Å². The van der Waals surface area contributed by atoms with Crippen molar-refractivity contribution in [3.8, 4) is 5.69 Å². The minimum absolute atomic E-state index is 0.306. The molecule has 9 heteroatoms. The third kappa shape index (κ3) is 3.83. The Morgan fingerprint density at radius 3 is 2.74 bits per heavy atom. The number of para-hydroxylation sites is 1. The van der Waals surface area contributed by atoms with Crippen LogP contribution in [0.1, 0.15) is 11.1 Å². The van der Waals surface area contributed by atoms with Crippen molar-refractivity contribution in [2.45, 2.75) is 13.0 Å². The van der Waals surface area contributed by atoms with Crippen LogP contribution in [-0.2, 0) is 13.0 Å². The lowest BCUT2D eigenvalue weighted by molar-refractivity contribution is 0.644. The lowest BCUT2D eigenvalue weighted by Gasteiger charge is -2.18. The Bertz CT molecular complexity index is 1370. The molecule has 31 heavy (non-hydrogen) atoms. The molecule has 2 aromatic heterocycles. The average molecular weight is 517 g/mol. The van der Waals surface area contributed by atoms with E-state index in [0.29, 0.717) is 37.1 Å². The molecule has 0 saturated carbocycles. The summed E-state index contributed by atoms with van der Waals surface area (Å²) in [6.45, 7) is 1.84. The summed E-state index contributed by atoms with van der Waals surface area (Å²) in [5.41, 5.74) is 4.13. The van der Waals surface area contributed by atoms with Crippen LogP contribution in [0, 0.1) is 0 Å². The summed E-state index contributed by atoms with van der Waals surface area (Å²) in [6, 6.07) is 11.3. The number of hydrogen-bond acceptors (Lipinski definition) is 5. The number of hydrogen-bond donors (Lipinski definition) is 2. The van der Waals surface area contributed by atoms with Gasteiger partial charge < -0.3 is 10.6 Å². The van der Waals surface area contributed by atoms with Crippen molar-refractivity contribution in [2.24, 2.45) is 0 Å². The molecule has 1 aliphatic rings. The van der Waals surface area contributed by atoms with Gasteiger partial charge in [0, 0.05) is 24.6 Å². The van der Waals surface area contributed by atoms with E-state index in [1.54, 1.807) is 24.4 Å². The first-order chi connectivity index (χ1) is 15.0. The zero-order valence-electron chi connectivity index (χ0n) is 16.1. The molecule has 2 aromatic carbocycles. The van der Waals surface area contributed by atoms with E-state index in [1.807, 2.05) is 6.07 Å². The van der Waals surface area contributed by atoms with Crippen molar-refractivity contribution >= 4 is 61.7 Å². The summed E-state index contributed by atoms with van der Waals surface area (Å²) >= 11 is 16.1. The fourth-order valence-electron chi connectivity index (χ4n) is 3.72. The van der Waals surface area contributed by atoms with Crippen molar-refractivity contribution in [1.82, 2.24) is 19.9 Å². The molecule has 0 amide bonds. The van der Waals surface area contributed by atoms with Crippen LogP contribution < -0.4 is 16.2 Å². The third-order valence-corrected chi connectivity index (χ3v) is 6.42. The van der Waals surface area contributed by atoms with Crippen molar-refractivity contribution in [1.29, 1.82) is 0 Å². The molecule has 6 nitrogen and oxygen atoms in total. The van der Waals surface area contributed by atoms with E-state index in [4.69, 9.17) is 23.2 Å². The monoisotopic (exact) mass is 515 g/mol. The van der Waals surface area contributed by atoms with E-state index in [0.717, 1.165) is 25.2 Å². The van der Waals surface area contributed by atoms with Gasteiger partial charge in [0.2, 0.25) is 5.95 Å². The van der Waals surface area contributed by atoms with Crippen molar-refractivity contribution < 1.29 is 0 Å². The molecule has 0 atom stereocenters. The number of aromatic nitrogens is 3. The maximum absolute atomic E-state index is 13.1. The predicted octanol–water partition coefficient (Wildman–Crippen LogP) is 5.24. The van der Waals surface area contributed by atoms with Crippen LogP contribution in [0.4, 0.5) is 11.6 Å². The molecule has 0 fully saturated rings. The topological polar surface area (TPSA) is 71.8 Å². The maximum atomic E-state index is 13.1. The number of fused-ring (bicyclic) bond motifs is 2. The Morgan fingerprint density at radius 2 is 1.94 bits per heavy atom. The molecule has 0 aliphatic carbocycles. The normalized spacial score (nSPS) is 13.3. The second-order valence-electron chi connectivity index (χ2n) is 7.21. The summed E-state index contributed by atoms with van der Waals surface area (Å²) in [5, 5.41) is 7.72. The number of nitrogens with one attached hydrogen (secondary N) is 2. The molecule has 5 rings (SSSR count). The molecular weight excluding hydrogens is 501 g/mol. The fourth-order valence-corrected chi connectivity index (χ4v) is 4.80. The van der Waals surface area contributed by atoms with E-state index >= 15 is 0 Å². The molecule has 0 saturated heterocycles. The molecule has 0 spiro atoms.